The number of aliphatic carboxylic acids is 1. The second kappa shape index (κ2) is 28.5. The molecule has 8 heterocycles. The number of ether oxygens (including phenoxy) is 2. The third-order valence-electron chi connectivity index (χ3n) is 15.3. The van der Waals surface area contributed by atoms with E-state index in [2.05, 4.69) is 87.1 Å². The highest BCUT2D eigenvalue weighted by Gasteiger charge is 2.39. The quantitative estimate of drug-likeness (QED) is 0.0398. The molecule has 472 valence electrons. The molecule has 0 unspecified atom stereocenters. The van der Waals surface area contributed by atoms with Gasteiger partial charge in [0.1, 0.15) is 60.1 Å². The van der Waals surface area contributed by atoms with Gasteiger partial charge in [-0.2, -0.15) is 13.2 Å². The van der Waals surface area contributed by atoms with E-state index < -0.39 is 36.1 Å². The van der Waals surface area contributed by atoms with Crippen molar-refractivity contribution in [3.8, 4) is 22.9 Å². The predicted octanol–water partition coefficient (Wildman–Crippen LogP) is 8.35. The maximum atomic E-state index is 13.5. The standard InChI is InChI=1S/C30H31BrFN5O4.C20H20ClN5O2.C8H9BrFNO2.C2HF3O2/c1-36-8-5-20(6-9-36)37-15-18-10-17-11-26(35-25(17)13-22(18)30(37)40)28-24(4-7-33-29(28)39)34-14-21(38)16-41-27-12-19(32)2-3-23(27)31;1-25-6-3-12(4-7-25)26-10-11-8-15-16(9-13(11)20(26)28)24-18(23-15)17-14(21)2-5-22-19(17)27;9-6-2-1-5(10)3-7(6)13-4-8(11)12;3-2(4,5)1(6)7/h2-4,7,10,12-13,20-21,38H,5-6,8-9,11,14-16H2,1H3,(H2,33,34,39);2,5,8-9,12H,3-4,6-7,10H2,1H3,(H,22,27)(H,23,24);1-3,8,12H,4,11H2;(H,6,7)/t21-;;8-;/m1.0./s1. The number of carboxylic acid groups (broad SMARTS) is 1. The third-order valence-corrected chi connectivity index (χ3v) is 17.0. The zero-order valence-corrected chi connectivity index (χ0v) is 51.7. The Hall–Kier alpha value is -7.57. The third kappa shape index (κ3) is 16.1. The topological polar surface area (TPSA) is 288 Å². The zero-order chi connectivity index (χ0) is 64.0. The number of carbonyl (C=O) groups is 3. The number of imidazole rings is 1. The molecule has 0 bridgehead atoms. The number of nitrogens with one attached hydrogen (secondary N) is 4. The number of aliphatic hydroxyl groups is 2. The maximum absolute atomic E-state index is 13.5. The first-order chi connectivity index (χ1) is 42.3. The number of H-pyrrole nitrogens is 3. The molecule has 2 fully saturated rings. The number of alkyl halides is 3. The Morgan fingerprint density at radius 3 is 1.81 bits per heavy atom. The molecular formula is C60H61Br2ClF5N11O10. The normalized spacial score (nSPS) is 16.7. The van der Waals surface area contributed by atoms with Gasteiger partial charge in [-0.15, -0.1) is 0 Å². The second-order valence-corrected chi connectivity index (χ2v) is 23.8. The number of nitrogens with zero attached hydrogens (tertiary/aromatic N) is 6. The Bertz CT molecular complexity index is 3930. The van der Waals surface area contributed by atoms with Crippen LogP contribution in [0.2, 0.25) is 5.02 Å². The van der Waals surface area contributed by atoms with E-state index in [9.17, 15) is 46.2 Å². The summed E-state index contributed by atoms with van der Waals surface area (Å²) in [6.45, 7) is 5.20. The number of aliphatic imine (C=N–C) groups is 1. The minimum absolute atomic E-state index is 0.0578. The van der Waals surface area contributed by atoms with Gasteiger partial charge in [-0.05, 0) is 169 Å². The van der Waals surface area contributed by atoms with Crippen LogP contribution >= 0.6 is 43.5 Å². The van der Waals surface area contributed by atoms with Crippen LogP contribution in [0.15, 0.2) is 109 Å². The highest BCUT2D eigenvalue weighted by atomic mass is 79.9. The Kier molecular flexibility index (Phi) is 21.1. The molecule has 3 aromatic heterocycles. The molecule has 21 nitrogen and oxygen atoms in total. The summed E-state index contributed by atoms with van der Waals surface area (Å²) in [5.74, 6) is -2.44. The highest BCUT2D eigenvalue weighted by molar-refractivity contribution is 9.11. The van der Waals surface area contributed by atoms with Crippen LogP contribution in [0.25, 0.3) is 22.4 Å². The molecule has 89 heavy (non-hydrogen) atoms. The van der Waals surface area contributed by atoms with E-state index in [1.165, 1.54) is 48.8 Å². The number of anilines is 1. The second-order valence-electron chi connectivity index (χ2n) is 21.7. The largest absolute Gasteiger partial charge is 0.490 e. The number of amides is 2. The van der Waals surface area contributed by atoms with Gasteiger partial charge in [0.15, 0.2) is 0 Å². The molecule has 2 amide bonds. The number of fused-ring (bicyclic) bond motifs is 4. The molecule has 12 rings (SSSR count). The monoisotopic (exact) mass is 1380 g/mol. The summed E-state index contributed by atoms with van der Waals surface area (Å²) in [4.78, 5) is 86.7. The van der Waals surface area contributed by atoms with Crippen LogP contribution < -0.4 is 31.6 Å². The highest BCUT2D eigenvalue weighted by Crippen LogP contribution is 2.38. The van der Waals surface area contributed by atoms with Crippen molar-refractivity contribution in [1.29, 1.82) is 0 Å². The molecule has 7 aromatic rings. The molecule has 0 spiro atoms. The average molecular weight is 1390 g/mol. The first-order valence-electron chi connectivity index (χ1n) is 28.0. The van der Waals surface area contributed by atoms with E-state index >= 15 is 0 Å². The SMILES string of the molecule is CN1CCC(N2Cc3cc4[nH]c(-c5c(Cl)cc[nH]c5=O)nc4cc3C2=O)CC1.CN1CCC(N2Cc3cc4c(cc3C2=O)N=C(c2c(NC[C@@H](O)COc3cc(F)ccc3Br)cc[nH]c2=O)C4)CC1.N[C@@H](O)COc1cc(F)ccc1Br.O=C(O)C(F)(F)F. The predicted molar refractivity (Wildman–Crippen MR) is 329 cm³/mol. The Morgan fingerprint density at radius 1 is 0.753 bits per heavy atom. The zero-order valence-electron chi connectivity index (χ0n) is 47.8. The van der Waals surface area contributed by atoms with Crippen molar-refractivity contribution >= 4 is 89.4 Å². The fourth-order valence-electron chi connectivity index (χ4n) is 10.8. The van der Waals surface area contributed by atoms with Crippen molar-refractivity contribution in [1.82, 2.24) is 39.5 Å². The lowest BCUT2D eigenvalue weighted by molar-refractivity contribution is -0.192. The number of rotatable bonds is 13. The van der Waals surface area contributed by atoms with Gasteiger partial charge in [0, 0.05) is 73.8 Å². The number of likely N-dealkylation sites (tertiary alicyclic amines) is 2. The number of aromatic amines is 3. The summed E-state index contributed by atoms with van der Waals surface area (Å²) in [6.07, 6.45) is 0.401. The summed E-state index contributed by atoms with van der Waals surface area (Å²) >= 11 is 12.7. The fourth-order valence-corrected chi connectivity index (χ4v) is 11.7. The van der Waals surface area contributed by atoms with Crippen molar-refractivity contribution in [3.05, 3.63) is 165 Å². The van der Waals surface area contributed by atoms with Crippen molar-refractivity contribution in [2.75, 3.05) is 65.3 Å². The summed E-state index contributed by atoms with van der Waals surface area (Å²) in [5, 5.41) is 29.8. The number of aromatic nitrogens is 4. The molecule has 5 aliphatic heterocycles. The number of halogens is 8. The summed E-state index contributed by atoms with van der Waals surface area (Å²) in [7, 11) is 4.23. The smallest absolute Gasteiger partial charge is 0.490 e. The molecule has 4 aromatic carbocycles. The minimum atomic E-state index is -5.08. The van der Waals surface area contributed by atoms with Crippen LogP contribution in [0.1, 0.15) is 68.7 Å². The first kappa shape index (κ1) is 65.9. The Labute approximate surface area is 526 Å². The van der Waals surface area contributed by atoms with Crippen molar-refractivity contribution in [2.24, 2.45) is 10.7 Å². The van der Waals surface area contributed by atoms with Crippen LogP contribution in [-0.2, 0) is 24.3 Å². The van der Waals surface area contributed by atoms with Crippen LogP contribution in [0.4, 0.5) is 33.3 Å². The minimum Gasteiger partial charge on any atom is -0.490 e. The lowest BCUT2D eigenvalue weighted by atomic mass is 10.00. The number of hydrogen-bond donors (Lipinski definition) is 8. The molecule has 0 radical (unpaired) electrons. The number of nitrogens with two attached hydrogens (primary N) is 1. The molecule has 0 saturated carbocycles. The number of aliphatic hydroxyl groups excluding tert-OH is 2. The molecule has 0 aliphatic carbocycles. The van der Waals surface area contributed by atoms with E-state index in [0.717, 1.165) is 74.1 Å². The number of benzene rings is 4. The summed E-state index contributed by atoms with van der Waals surface area (Å²) in [5.41, 5.74) is 12.8. The van der Waals surface area contributed by atoms with Crippen molar-refractivity contribution in [3.63, 3.8) is 0 Å². The Balaban J connectivity index is 0.000000168. The van der Waals surface area contributed by atoms with Crippen LogP contribution in [-0.4, -0.2) is 169 Å². The van der Waals surface area contributed by atoms with Gasteiger partial charge in [0.25, 0.3) is 22.9 Å². The van der Waals surface area contributed by atoms with Crippen LogP contribution in [0.3, 0.4) is 0 Å². The van der Waals surface area contributed by atoms with Gasteiger partial charge in [-0.25, -0.2) is 18.6 Å². The Morgan fingerprint density at radius 2 is 1.27 bits per heavy atom. The van der Waals surface area contributed by atoms with Crippen LogP contribution in [0, 0.1) is 11.6 Å². The van der Waals surface area contributed by atoms with Crippen LogP contribution in [0.5, 0.6) is 11.5 Å². The lowest BCUT2D eigenvalue weighted by Crippen LogP contribution is -2.43. The number of carboxylic acids is 1. The average Bonchev–Trinajstić information content (AvgIpc) is 1.69. The molecule has 9 N–H and O–H groups in total. The fraction of sp³-hybridized carbons (Fsp3) is 0.350. The molecular weight excluding hydrogens is 1320 g/mol. The maximum Gasteiger partial charge on any atom is 0.490 e. The molecule has 29 heteroatoms. The van der Waals surface area contributed by atoms with Crippen molar-refractivity contribution < 1.29 is 61.1 Å². The first-order valence-corrected chi connectivity index (χ1v) is 29.9. The van der Waals surface area contributed by atoms with Gasteiger partial charge < -0.3 is 70.4 Å². The van der Waals surface area contributed by atoms with E-state index in [4.69, 9.17) is 46.8 Å². The number of pyridine rings is 2. The molecule has 2 atom stereocenters. The summed E-state index contributed by atoms with van der Waals surface area (Å²) in [6, 6.07) is 19.7. The van der Waals surface area contributed by atoms with E-state index in [1.54, 1.807) is 12.1 Å². The van der Waals surface area contributed by atoms with Gasteiger partial charge in [0.2, 0.25) is 0 Å². The number of hydrogen-bond acceptors (Lipinski definition) is 15. The van der Waals surface area contributed by atoms with E-state index in [0.29, 0.717) is 102 Å². The van der Waals surface area contributed by atoms with Gasteiger partial charge in [-0.1, -0.05) is 17.7 Å². The van der Waals surface area contributed by atoms with Crippen molar-refractivity contribution in [2.45, 2.75) is 75.8 Å². The van der Waals surface area contributed by atoms with Gasteiger partial charge >= 0.3 is 12.1 Å². The van der Waals surface area contributed by atoms with E-state index in [-0.39, 0.29) is 48.7 Å². The summed E-state index contributed by atoms with van der Waals surface area (Å²) < 4.78 is 69.7. The lowest BCUT2D eigenvalue weighted by Gasteiger charge is -2.34. The molecule has 2 saturated heterocycles. The number of piperidine rings is 2. The molecule has 5 aliphatic rings. The van der Waals surface area contributed by atoms with Gasteiger partial charge in [0.05, 0.1) is 47.7 Å². The van der Waals surface area contributed by atoms with E-state index in [1.807, 2.05) is 28.0 Å². The number of carbonyl (C=O) groups excluding carboxylic acids is 2. The van der Waals surface area contributed by atoms with Gasteiger partial charge in [-0.3, -0.25) is 24.2 Å².